The van der Waals surface area contributed by atoms with Gasteiger partial charge in [-0.05, 0) is 53.3 Å². The first-order chi connectivity index (χ1) is 20.7. The van der Waals surface area contributed by atoms with E-state index in [1.54, 1.807) is 0 Å². The minimum atomic E-state index is -1.30. The molecule has 0 bridgehead atoms. The minimum absolute atomic E-state index is 0. The zero-order chi connectivity index (χ0) is 31.8. The first-order valence-corrected chi connectivity index (χ1v) is 19.3. The number of aliphatic hydroxyl groups is 1. The van der Waals surface area contributed by atoms with E-state index >= 15 is 0 Å². The van der Waals surface area contributed by atoms with E-state index < -0.39 is 8.07 Å². The summed E-state index contributed by atoms with van der Waals surface area (Å²) in [5.74, 6) is -0.0625. The molecule has 0 amide bonds. The van der Waals surface area contributed by atoms with E-state index in [-0.39, 0.29) is 37.1 Å². The van der Waals surface area contributed by atoms with Crippen LogP contribution < -0.4 is 5.19 Å². The molecular weight excluding hydrogens is 767 g/mol. The van der Waals surface area contributed by atoms with E-state index in [4.69, 9.17) is 10.1 Å². The fraction of sp³-hybridized carbons (Fsp3) is 0.231. The Morgan fingerprint density at radius 2 is 1.53 bits per heavy atom. The molecule has 0 fully saturated rings. The molecule has 233 valence electrons. The van der Waals surface area contributed by atoms with Crippen molar-refractivity contribution in [1.29, 1.82) is 0 Å². The van der Waals surface area contributed by atoms with Crippen LogP contribution in [0.5, 0.6) is 0 Å². The van der Waals surface area contributed by atoms with Crippen molar-refractivity contribution in [2.75, 3.05) is 0 Å². The van der Waals surface area contributed by atoms with Gasteiger partial charge in [-0.3, -0.25) is 9.78 Å². The van der Waals surface area contributed by atoms with Crippen LogP contribution >= 0.6 is 11.3 Å². The van der Waals surface area contributed by atoms with Crippen molar-refractivity contribution in [2.24, 2.45) is 0 Å². The molecule has 4 aromatic carbocycles. The molecular formula is C39H40IrNO2SSi-. The first-order valence-electron chi connectivity index (χ1n) is 15.0. The summed E-state index contributed by atoms with van der Waals surface area (Å²) >= 11 is 1.85. The summed E-state index contributed by atoms with van der Waals surface area (Å²) in [4.78, 5) is 14.9. The second-order valence-electron chi connectivity index (χ2n) is 13.5. The number of rotatable bonds is 4. The largest absolute Gasteiger partial charge is 0.512 e. The summed E-state index contributed by atoms with van der Waals surface area (Å²) in [6.45, 7) is 16.9. The molecule has 45 heavy (non-hydrogen) atoms. The quantitative estimate of drug-likeness (QED) is 0.0836. The van der Waals surface area contributed by atoms with Gasteiger partial charge in [-0.2, -0.15) is 0 Å². The number of pyridine rings is 1. The summed E-state index contributed by atoms with van der Waals surface area (Å²) in [7, 11) is -1.30. The minimum Gasteiger partial charge on any atom is -0.512 e. The van der Waals surface area contributed by atoms with Gasteiger partial charge >= 0.3 is 0 Å². The van der Waals surface area contributed by atoms with E-state index in [9.17, 15) is 4.79 Å². The molecule has 2 aromatic heterocycles. The van der Waals surface area contributed by atoms with E-state index in [0.717, 1.165) is 16.6 Å². The number of nitrogens with zero attached hydrogens (tertiary/aromatic N) is 1. The van der Waals surface area contributed by atoms with E-state index in [1.165, 1.54) is 67.4 Å². The zero-order valence-electron chi connectivity index (χ0n) is 27.2. The number of hydrogen-bond acceptors (Lipinski definition) is 4. The maximum absolute atomic E-state index is 10.0. The van der Waals surface area contributed by atoms with Crippen molar-refractivity contribution in [2.45, 2.75) is 59.7 Å². The summed E-state index contributed by atoms with van der Waals surface area (Å²) in [6.07, 6.45) is 3.11. The molecule has 6 heteroatoms. The van der Waals surface area contributed by atoms with Crippen LogP contribution in [0.25, 0.3) is 53.3 Å². The average molecular weight is 807 g/mol. The maximum atomic E-state index is 10.0. The molecule has 0 unspecified atom stereocenters. The van der Waals surface area contributed by atoms with Crippen LogP contribution in [-0.4, -0.2) is 23.9 Å². The molecule has 2 heterocycles. The number of aromatic nitrogens is 1. The Balaban J connectivity index is 0.000000519. The van der Waals surface area contributed by atoms with Crippen molar-refractivity contribution < 1.29 is 30.0 Å². The maximum Gasteiger partial charge on any atom is 0.155 e. The van der Waals surface area contributed by atoms with Gasteiger partial charge in [0.2, 0.25) is 0 Å². The number of hydrogen-bond donors (Lipinski definition) is 1. The second kappa shape index (κ2) is 13.5. The molecule has 1 radical (unpaired) electrons. The number of thiophene rings is 1. The van der Waals surface area contributed by atoms with Crippen LogP contribution in [0.15, 0.2) is 96.9 Å². The summed E-state index contributed by atoms with van der Waals surface area (Å²) in [5, 5.41) is 14.8. The number of aliphatic hydroxyl groups excluding tert-OH is 1. The van der Waals surface area contributed by atoms with Crippen LogP contribution in [0, 0.1) is 6.07 Å². The van der Waals surface area contributed by atoms with Gasteiger partial charge in [0.1, 0.15) is 0 Å². The Labute approximate surface area is 285 Å². The molecule has 3 nitrogen and oxygen atoms in total. The molecule has 0 saturated carbocycles. The number of carbonyl (C=O) groups is 1. The van der Waals surface area contributed by atoms with Crippen LogP contribution in [0.3, 0.4) is 0 Å². The third kappa shape index (κ3) is 7.70. The third-order valence-corrected chi connectivity index (χ3v) is 10.9. The Morgan fingerprint density at radius 3 is 2.13 bits per heavy atom. The van der Waals surface area contributed by atoms with E-state index in [0.29, 0.717) is 0 Å². The second-order valence-corrected chi connectivity index (χ2v) is 19.6. The summed E-state index contributed by atoms with van der Waals surface area (Å²) in [5.41, 5.74) is 5.99. The van der Waals surface area contributed by atoms with Crippen LogP contribution in [-0.2, 0) is 30.3 Å². The SMILES string of the molecule is CC(=O)/C=C(/C)O.CC(C)(C)c1cc(-c2nccc3sc4cc(-c5ccc([Si](C)(C)C)cc5)ccc4c23)[c-]c2ccccc12.[Ir]. The monoisotopic (exact) mass is 807 g/mol. The number of allylic oxidation sites excluding steroid dienone is 2. The van der Waals surface area contributed by atoms with Gasteiger partial charge in [0.05, 0.1) is 13.8 Å². The van der Waals surface area contributed by atoms with Crippen molar-refractivity contribution >= 4 is 61.3 Å². The number of benzene rings is 4. The smallest absolute Gasteiger partial charge is 0.155 e. The molecule has 6 aromatic rings. The Kier molecular flexibility index (Phi) is 10.4. The molecule has 0 aliphatic heterocycles. The van der Waals surface area contributed by atoms with Gasteiger partial charge in [0.15, 0.2) is 5.78 Å². The number of fused-ring (bicyclic) bond motifs is 4. The van der Waals surface area contributed by atoms with Crippen molar-refractivity contribution in [3.05, 3.63) is 109 Å². The Bertz CT molecular complexity index is 2030. The predicted molar refractivity (Wildman–Crippen MR) is 193 cm³/mol. The van der Waals surface area contributed by atoms with Gasteiger partial charge in [0.25, 0.3) is 0 Å². The normalized spacial score (nSPS) is 12.1. The fourth-order valence-corrected chi connectivity index (χ4v) is 7.85. The zero-order valence-corrected chi connectivity index (χ0v) is 31.4. The van der Waals surface area contributed by atoms with Crippen molar-refractivity contribution in [3.8, 4) is 22.4 Å². The van der Waals surface area contributed by atoms with Gasteiger partial charge < -0.3 is 5.11 Å². The molecule has 0 atom stereocenters. The molecule has 0 saturated heterocycles. The fourth-order valence-electron chi connectivity index (χ4n) is 5.54. The van der Waals surface area contributed by atoms with Gasteiger partial charge in [0, 0.05) is 47.5 Å². The average Bonchev–Trinajstić information content (AvgIpc) is 3.33. The van der Waals surface area contributed by atoms with Gasteiger partial charge in [-0.15, -0.1) is 40.5 Å². The molecule has 6 rings (SSSR count). The van der Waals surface area contributed by atoms with Crippen molar-refractivity contribution in [1.82, 2.24) is 4.98 Å². The van der Waals surface area contributed by atoms with Crippen LogP contribution in [0.1, 0.15) is 40.2 Å². The van der Waals surface area contributed by atoms with E-state index in [1.807, 2.05) is 17.5 Å². The summed E-state index contributed by atoms with van der Waals surface area (Å²) < 4.78 is 2.57. The van der Waals surface area contributed by atoms with Crippen molar-refractivity contribution in [3.63, 3.8) is 0 Å². The Morgan fingerprint density at radius 1 is 0.867 bits per heavy atom. The summed E-state index contributed by atoms with van der Waals surface area (Å²) in [6, 6.07) is 32.9. The van der Waals surface area contributed by atoms with Crippen LogP contribution in [0.4, 0.5) is 0 Å². The number of ketones is 1. The standard InChI is InChI=1S/C34H32NSSi.C5H8O2.Ir/c1-34(2,3)29-20-25(19-24-9-7-8-10-27(24)29)33-32-28-16-13-23(21-31(28)36-30(32)17-18-35-33)22-11-14-26(15-12-22)37(4,5)6;1-4(6)3-5(2)7;/h7-18,20-21H,1-6H3;3,6H,1-2H3;/q-1;;/b;4-3-;. The molecule has 0 aliphatic rings. The van der Waals surface area contributed by atoms with E-state index in [2.05, 4.69) is 125 Å². The molecule has 1 N–H and O–H groups in total. The topological polar surface area (TPSA) is 50.2 Å². The predicted octanol–water partition coefficient (Wildman–Crippen LogP) is 10.6. The molecule has 0 aliphatic carbocycles. The first kappa shape index (κ1) is 34.5. The van der Waals surface area contributed by atoms with Gasteiger partial charge in [-0.1, -0.05) is 111 Å². The number of carbonyl (C=O) groups excluding carboxylic acids is 1. The Hall–Kier alpha value is -3.41. The van der Waals surface area contributed by atoms with Crippen LogP contribution in [0.2, 0.25) is 19.6 Å². The molecule has 0 spiro atoms. The van der Waals surface area contributed by atoms with Gasteiger partial charge in [-0.25, -0.2) is 0 Å². The third-order valence-electron chi connectivity index (χ3n) is 7.72.